The fraction of sp³-hybridized carbons (Fsp3) is 0.647. The van der Waals surface area contributed by atoms with Crippen molar-refractivity contribution < 1.29 is 0 Å². The van der Waals surface area contributed by atoms with Gasteiger partial charge in [0.05, 0.1) is 0 Å². The second-order valence-electron chi connectivity index (χ2n) is 6.17. The van der Waals surface area contributed by atoms with Crippen LogP contribution in [0.5, 0.6) is 0 Å². The van der Waals surface area contributed by atoms with Crippen LogP contribution in [0.15, 0.2) is 18.2 Å². The summed E-state index contributed by atoms with van der Waals surface area (Å²) < 4.78 is 0. The molecule has 1 saturated carbocycles. The molecule has 0 spiro atoms. The van der Waals surface area contributed by atoms with Gasteiger partial charge in [0.25, 0.3) is 0 Å². The van der Waals surface area contributed by atoms with E-state index < -0.39 is 0 Å². The standard InChI is InChI=1S/C17H25N/c1-13(15-5-2-3-6-15)18-12-14-9-10-16-7-4-8-17(16)11-14/h9-11,13,15,18H,2-8,12H2,1H3. The molecule has 0 amide bonds. The minimum Gasteiger partial charge on any atom is -0.310 e. The van der Waals surface area contributed by atoms with Gasteiger partial charge in [-0.05, 0) is 61.6 Å². The molecular weight excluding hydrogens is 218 g/mol. The van der Waals surface area contributed by atoms with Crippen molar-refractivity contribution in [1.82, 2.24) is 5.32 Å². The molecule has 0 radical (unpaired) electrons. The monoisotopic (exact) mass is 243 g/mol. The number of nitrogens with one attached hydrogen (secondary N) is 1. The highest BCUT2D eigenvalue weighted by atomic mass is 14.9. The van der Waals surface area contributed by atoms with E-state index >= 15 is 0 Å². The van der Waals surface area contributed by atoms with Crippen molar-refractivity contribution in [1.29, 1.82) is 0 Å². The lowest BCUT2D eigenvalue weighted by molar-refractivity contribution is 0.380. The Labute approximate surface area is 111 Å². The van der Waals surface area contributed by atoms with Crippen LogP contribution in [0.4, 0.5) is 0 Å². The smallest absolute Gasteiger partial charge is 0.0208 e. The van der Waals surface area contributed by atoms with E-state index in [1.807, 2.05) is 0 Å². The summed E-state index contributed by atoms with van der Waals surface area (Å²) in [5.74, 6) is 0.916. The van der Waals surface area contributed by atoms with Crippen LogP contribution in [0.2, 0.25) is 0 Å². The van der Waals surface area contributed by atoms with Crippen molar-refractivity contribution >= 4 is 0 Å². The lowest BCUT2D eigenvalue weighted by atomic mass is 9.99. The number of hydrogen-bond acceptors (Lipinski definition) is 1. The third-order valence-electron chi connectivity index (χ3n) is 4.90. The number of aryl methyl sites for hydroxylation is 2. The molecule has 1 atom stereocenters. The first-order chi connectivity index (χ1) is 8.83. The van der Waals surface area contributed by atoms with Gasteiger partial charge in [0, 0.05) is 12.6 Å². The van der Waals surface area contributed by atoms with Gasteiger partial charge in [-0.15, -0.1) is 0 Å². The van der Waals surface area contributed by atoms with Gasteiger partial charge in [-0.3, -0.25) is 0 Å². The van der Waals surface area contributed by atoms with Crippen LogP contribution < -0.4 is 5.32 Å². The van der Waals surface area contributed by atoms with Gasteiger partial charge in [-0.1, -0.05) is 31.0 Å². The van der Waals surface area contributed by atoms with E-state index in [0.29, 0.717) is 6.04 Å². The van der Waals surface area contributed by atoms with Crippen LogP contribution in [0.3, 0.4) is 0 Å². The molecular formula is C17H25N. The van der Waals surface area contributed by atoms with Crippen LogP contribution in [0.25, 0.3) is 0 Å². The van der Waals surface area contributed by atoms with Gasteiger partial charge in [0.1, 0.15) is 0 Å². The summed E-state index contributed by atoms with van der Waals surface area (Å²) in [6, 6.07) is 7.77. The van der Waals surface area contributed by atoms with Gasteiger partial charge < -0.3 is 5.32 Å². The molecule has 1 unspecified atom stereocenters. The normalized spacial score (nSPS) is 21.2. The summed E-state index contributed by atoms with van der Waals surface area (Å²) in [7, 11) is 0. The highest BCUT2D eigenvalue weighted by Gasteiger charge is 2.21. The van der Waals surface area contributed by atoms with Crippen LogP contribution in [0.1, 0.15) is 55.7 Å². The molecule has 0 aliphatic heterocycles. The van der Waals surface area contributed by atoms with Gasteiger partial charge in [-0.25, -0.2) is 0 Å². The molecule has 1 nitrogen and oxygen atoms in total. The van der Waals surface area contributed by atoms with Crippen LogP contribution in [-0.2, 0) is 19.4 Å². The van der Waals surface area contributed by atoms with Crippen molar-refractivity contribution in [3.63, 3.8) is 0 Å². The highest BCUT2D eigenvalue weighted by molar-refractivity contribution is 5.35. The lowest BCUT2D eigenvalue weighted by Crippen LogP contribution is -2.31. The van der Waals surface area contributed by atoms with Gasteiger partial charge >= 0.3 is 0 Å². The van der Waals surface area contributed by atoms with E-state index in [1.54, 1.807) is 11.1 Å². The Hall–Kier alpha value is -0.820. The van der Waals surface area contributed by atoms with Crippen molar-refractivity contribution in [2.45, 2.75) is 64.5 Å². The third kappa shape index (κ3) is 2.61. The molecule has 2 aliphatic carbocycles. The molecule has 3 rings (SSSR count). The minimum atomic E-state index is 0.681. The average Bonchev–Trinajstić information content (AvgIpc) is 3.05. The Kier molecular flexibility index (Phi) is 3.69. The molecule has 1 aromatic carbocycles. The maximum atomic E-state index is 3.73. The zero-order valence-electron chi connectivity index (χ0n) is 11.5. The van der Waals surface area contributed by atoms with Crippen LogP contribution in [0, 0.1) is 5.92 Å². The summed E-state index contributed by atoms with van der Waals surface area (Å²) in [6.45, 7) is 3.41. The number of rotatable bonds is 4. The fourth-order valence-corrected chi connectivity index (χ4v) is 3.64. The summed E-state index contributed by atoms with van der Waals surface area (Å²) in [4.78, 5) is 0. The second kappa shape index (κ2) is 5.44. The largest absolute Gasteiger partial charge is 0.310 e. The zero-order chi connectivity index (χ0) is 12.4. The summed E-state index contributed by atoms with van der Waals surface area (Å²) >= 11 is 0. The first-order valence-corrected chi connectivity index (χ1v) is 7.67. The summed E-state index contributed by atoms with van der Waals surface area (Å²) in [5.41, 5.74) is 4.66. The molecule has 2 aliphatic rings. The molecule has 0 saturated heterocycles. The zero-order valence-corrected chi connectivity index (χ0v) is 11.5. The predicted octanol–water partition coefficient (Wildman–Crippen LogP) is 3.84. The van der Waals surface area contributed by atoms with E-state index in [9.17, 15) is 0 Å². The van der Waals surface area contributed by atoms with Crippen molar-refractivity contribution in [3.05, 3.63) is 34.9 Å². The van der Waals surface area contributed by atoms with E-state index in [1.165, 1.54) is 50.5 Å². The topological polar surface area (TPSA) is 12.0 Å². The van der Waals surface area contributed by atoms with Crippen LogP contribution in [-0.4, -0.2) is 6.04 Å². The Balaban J connectivity index is 1.56. The molecule has 1 N–H and O–H groups in total. The molecule has 1 aromatic rings. The second-order valence-corrected chi connectivity index (χ2v) is 6.17. The van der Waals surface area contributed by atoms with E-state index in [4.69, 9.17) is 0 Å². The molecule has 0 heterocycles. The molecule has 18 heavy (non-hydrogen) atoms. The van der Waals surface area contributed by atoms with Crippen LogP contribution >= 0.6 is 0 Å². The molecule has 0 aromatic heterocycles. The maximum absolute atomic E-state index is 3.73. The number of fused-ring (bicyclic) bond motifs is 1. The summed E-state index contributed by atoms with van der Waals surface area (Å²) in [5, 5.41) is 3.73. The molecule has 1 fully saturated rings. The molecule has 98 valence electrons. The quantitative estimate of drug-likeness (QED) is 0.847. The van der Waals surface area contributed by atoms with E-state index in [-0.39, 0.29) is 0 Å². The molecule has 0 bridgehead atoms. The Morgan fingerprint density at radius 1 is 1.11 bits per heavy atom. The number of benzene rings is 1. The Bertz CT molecular complexity index is 404. The molecule has 1 heteroatoms. The SMILES string of the molecule is CC(NCc1ccc2c(c1)CCC2)C1CCCC1. The van der Waals surface area contributed by atoms with E-state index in [0.717, 1.165) is 12.5 Å². The van der Waals surface area contributed by atoms with Crippen molar-refractivity contribution in [3.8, 4) is 0 Å². The third-order valence-corrected chi connectivity index (χ3v) is 4.90. The van der Waals surface area contributed by atoms with Gasteiger partial charge in [0.2, 0.25) is 0 Å². The van der Waals surface area contributed by atoms with Crippen molar-refractivity contribution in [2.24, 2.45) is 5.92 Å². The highest BCUT2D eigenvalue weighted by Crippen LogP contribution is 2.28. The lowest BCUT2D eigenvalue weighted by Gasteiger charge is -2.20. The van der Waals surface area contributed by atoms with Gasteiger partial charge in [0.15, 0.2) is 0 Å². The van der Waals surface area contributed by atoms with Gasteiger partial charge in [-0.2, -0.15) is 0 Å². The minimum absolute atomic E-state index is 0.681. The maximum Gasteiger partial charge on any atom is 0.0208 e. The van der Waals surface area contributed by atoms with E-state index in [2.05, 4.69) is 30.4 Å². The Morgan fingerprint density at radius 3 is 2.72 bits per heavy atom. The first kappa shape index (κ1) is 12.2. The number of hydrogen-bond donors (Lipinski definition) is 1. The average molecular weight is 243 g/mol. The fourth-order valence-electron chi connectivity index (χ4n) is 3.64. The summed E-state index contributed by atoms with van der Waals surface area (Å²) in [6.07, 6.45) is 9.68. The van der Waals surface area contributed by atoms with Crippen molar-refractivity contribution in [2.75, 3.05) is 0 Å². The first-order valence-electron chi connectivity index (χ1n) is 7.67. The Morgan fingerprint density at radius 2 is 1.89 bits per heavy atom. The predicted molar refractivity (Wildman–Crippen MR) is 76.7 cm³/mol.